The van der Waals surface area contributed by atoms with E-state index in [4.69, 9.17) is 24.7 Å². The summed E-state index contributed by atoms with van der Waals surface area (Å²) in [4.78, 5) is 15.9. The highest BCUT2D eigenvalue weighted by atomic mass is 28.3. The number of carbonyl (C=O) groups is 1. The van der Waals surface area contributed by atoms with E-state index in [1.54, 1.807) is 23.6 Å². The Morgan fingerprint density at radius 3 is 2.62 bits per heavy atom. The van der Waals surface area contributed by atoms with Crippen LogP contribution in [0.15, 0.2) is 24.5 Å². The molecule has 12 nitrogen and oxygen atoms in total. The summed E-state index contributed by atoms with van der Waals surface area (Å²) in [6, 6.07) is 4.19. The third kappa shape index (κ3) is 6.84. The molecule has 1 aliphatic rings. The second-order valence-corrected chi connectivity index (χ2v) is 17.9. The zero-order valence-electron chi connectivity index (χ0n) is 25.5. The van der Waals surface area contributed by atoms with Crippen LogP contribution in [0.1, 0.15) is 19.0 Å². The van der Waals surface area contributed by atoms with Crippen LogP contribution in [-0.4, -0.2) is 75.1 Å². The Bertz CT molecular complexity index is 1700. The maximum Gasteiger partial charge on any atom is 0.388 e. The van der Waals surface area contributed by atoms with E-state index in [1.807, 2.05) is 0 Å². The van der Waals surface area contributed by atoms with Crippen LogP contribution < -0.4 is 15.2 Å². The van der Waals surface area contributed by atoms with Crippen molar-refractivity contribution in [1.82, 2.24) is 29.1 Å². The van der Waals surface area contributed by atoms with Crippen LogP contribution in [0.3, 0.4) is 0 Å². The van der Waals surface area contributed by atoms with E-state index in [2.05, 4.69) is 34.8 Å². The molecule has 0 saturated carbocycles. The average Bonchev–Trinajstić information content (AvgIpc) is 3.59. The van der Waals surface area contributed by atoms with E-state index >= 15 is 0 Å². The van der Waals surface area contributed by atoms with Crippen molar-refractivity contribution in [2.75, 3.05) is 19.8 Å². The van der Waals surface area contributed by atoms with Crippen LogP contribution in [0.2, 0.25) is 25.7 Å². The Balaban J connectivity index is 1.76. The molecule has 1 atom stereocenters. The molecule has 0 aliphatic carbocycles. The number of nitrogens with two attached hydrogens (primary N) is 1. The number of fused-ring (bicyclic) bond motifs is 2. The Morgan fingerprint density at radius 1 is 1.20 bits per heavy atom. The van der Waals surface area contributed by atoms with Gasteiger partial charge in [0.15, 0.2) is 0 Å². The Labute approximate surface area is 257 Å². The normalized spacial score (nSPS) is 16.9. The number of pyridine rings is 1. The molecule has 0 spiro atoms. The zero-order chi connectivity index (χ0) is 32.7. The second kappa shape index (κ2) is 12.4. The van der Waals surface area contributed by atoms with Crippen LogP contribution in [-0.2, 0) is 34.6 Å². The molecule has 5 rings (SSSR count). The van der Waals surface area contributed by atoms with Gasteiger partial charge in [0, 0.05) is 45.1 Å². The minimum atomic E-state index is -3.19. The van der Waals surface area contributed by atoms with Gasteiger partial charge in [-0.25, -0.2) is 18.4 Å². The lowest BCUT2D eigenvalue weighted by Crippen LogP contribution is -2.45. The molecule has 1 aliphatic heterocycles. The van der Waals surface area contributed by atoms with E-state index in [9.17, 15) is 22.4 Å². The lowest BCUT2D eigenvalue weighted by Gasteiger charge is -2.33. The first-order chi connectivity index (χ1) is 21.2. The number of rotatable bonds is 13. The SMILES string of the molecule is Cn1cc(-c2c(-c3c(C(F)F)nn4c3OC[C@@](C)(OCC(N)=O)C4)n(COCC[Si](C)(C)C)c3ncccc23)c(OC(F)F)n1. The fourth-order valence-corrected chi connectivity index (χ4v) is 5.95. The van der Waals surface area contributed by atoms with Crippen molar-refractivity contribution >= 4 is 25.0 Å². The van der Waals surface area contributed by atoms with Gasteiger partial charge in [0.1, 0.15) is 36.9 Å². The van der Waals surface area contributed by atoms with Crippen molar-refractivity contribution in [3.8, 4) is 34.1 Å². The van der Waals surface area contributed by atoms with Gasteiger partial charge in [0.25, 0.3) is 6.43 Å². The lowest BCUT2D eigenvalue weighted by molar-refractivity contribution is -0.135. The summed E-state index contributed by atoms with van der Waals surface area (Å²) in [5.41, 5.74) is 4.34. The highest BCUT2D eigenvalue weighted by Crippen LogP contribution is 2.49. The number of amides is 1. The molecule has 5 heterocycles. The number of nitrogens with zero attached hydrogens (tertiary/aromatic N) is 6. The maximum absolute atomic E-state index is 14.8. The first-order valence-corrected chi connectivity index (χ1v) is 17.9. The molecule has 2 N–H and O–H groups in total. The number of aryl methyl sites for hydroxylation is 1. The van der Waals surface area contributed by atoms with Gasteiger partial charge < -0.3 is 29.2 Å². The molecule has 1 amide bonds. The quantitative estimate of drug-likeness (QED) is 0.124. The fourth-order valence-electron chi connectivity index (χ4n) is 5.19. The third-order valence-electron chi connectivity index (χ3n) is 7.24. The van der Waals surface area contributed by atoms with Crippen LogP contribution in [0.4, 0.5) is 17.6 Å². The number of halogens is 4. The number of aromatic nitrogens is 6. The Hall–Kier alpha value is -3.96. The molecule has 0 radical (unpaired) electrons. The molecule has 45 heavy (non-hydrogen) atoms. The molecule has 244 valence electrons. The van der Waals surface area contributed by atoms with Gasteiger partial charge in [-0.15, -0.1) is 5.10 Å². The van der Waals surface area contributed by atoms with Crippen molar-refractivity contribution in [3.05, 3.63) is 30.2 Å². The highest BCUT2D eigenvalue weighted by Gasteiger charge is 2.40. The summed E-state index contributed by atoms with van der Waals surface area (Å²) in [5, 5.41) is 8.73. The molecule has 17 heteroatoms. The van der Waals surface area contributed by atoms with E-state index in [-0.39, 0.29) is 48.1 Å². The smallest absolute Gasteiger partial charge is 0.388 e. The van der Waals surface area contributed by atoms with E-state index in [0.29, 0.717) is 17.6 Å². The number of alkyl halides is 4. The van der Waals surface area contributed by atoms with E-state index < -0.39 is 50.8 Å². The van der Waals surface area contributed by atoms with Gasteiger partial charge in [-0.3, -0.25) is 9.48 Å². The summed E-state index contributed by atoms with van der Waals surface area (Å²) >= 11 is 0. The molecule has 4 aromatic heterocycles. The summed E-state index contributed by atoms with van der Waals surface area (Å²) in [6.07, 6.45) is -0.0638. The topological polar surface area (TPSA) is 133 Å². The van der Waals surface area contributed by atoms with Crippen molar-refractivity contribution in [3.63, 3.8) is 0 Å². The number of carbonyl (C=O) groups excluding carboxylic acids is 1. The first kappa shape index (κ1) is 32.4. The number of hydrogen-bond acceptors (Lipinski definition) is 8. The molecule has 0 aromatic carbocycles. The van der Waals surface area contributed by atoms with Gasteiger partial charge in [0.2, 0.25) is 17.7 Å². The summed E-state index contributed by atoms with van der Waals surface area (Å²) in [6.45, 7) is 4.80. The molecule has 0 unspecified atom stereocenters. The second-order valence-electron chi connectivity index (χ2n) is 12.3. The van der Waals surface area contributed by atoms with Crippen LogP contribution in [0, 0.1) is 0 Å². The first-order valence-electron chi connectivity index (χ1n) is 14.2. The molecule has 0 bridgehead atoms. The summed E-state index contributed by atoms with van der Waals surface area (Å²) < 4.78 is 83.4. The van der Waals surface area contributed by atoms with Gasteiger partial charge >= 0.3 is 6.61 Å². The minimum absolute atomic E-state index is 0.00178. The van der Waals surface area contributed by atoms with Gasteiger partial charge in [-0.2, -0.15) is 13.9 Å². The van der Waals surface area contributed by atoms with Gasteiger partial charge in [-0.1, -0.05) is 19.6 Å². The maximum atomic E-state index is 14.8. The van der Waals surface area contributed by atoms with Crippen LogP contribution >= 0.6 is 0 Å². The van der Waals surface area contributed by atoms with E-state index in [0.717, 1.165) is 6.04 Å². The van der Waals surface area contributed by atoms with Crippen molar-refractivity contribution in [1.29, 1.82) is 0 Å². The van der Waals surface area contributed by atoms with Crippen molar-refractivity contribution < 1.29 is 41.3 Å². The highest BCUT2D eigenvalue weighted by molar-refractivity contribution is 6.76. The predicted octanol–water partition coefficient (Wildman–Crippen LogP) is 4.80. The Morgan fingerprint density at radius 2 is 1.96 bits per heavy atom. The third-order valence-corrected chi connectivity index (χ3v) is 8.94. The van der Waals surface area contributed by atoms with Crippen molar-refractivity contribution in [2.45, 2.75) is 64.5 Å². The molecule has 0 fully saturated rings. The molecule has 0 saturated heterocycles. The Kier molecular flexibility index (Phi) is 8.96. The predicted molar refractivity (Wildman–Crippen MR) is 158 cm³/mol. The van der Waals surface area contributed by atoms with E-state index in [1.165, 1.54) is 28.8 Å². The average molecular weight is 654 g/mol. The van der Waals surface area contributed by atoms with Crippen LogP contribution in [0.25, 0.3) is 33.4 Å². The van der Waals surface area contributed by atoms with Gasteiger partial charge in [-0.05, 0) is 25.1 Å². The molecule has 4 aromatic rings. The fraction of sp³-hybridized carbons (Fsp3) is 0.500. The standard InChI is InChI=1S/C28H35F4N7O5Si/c1-28(43-12-18(33)40)13-39-26(42-14-28)20(21(35-39)23(29)30)22-19(17-11-37(2)36-25(17)44-27(31)32)16-7-6-8-34-24(16)38(22)15-41-9-10-45(3,4)5/h6-8,11,23,27H,9-10,12-15H2,1-5H3,(H2,33,40)/t28-/m0/s1. The largest absolute Gasteiger partial charge is 0.474 e. The summed E-state index contributed by atoms with van der Waals surface area (Å²) in [5.74, 6) is -1.10. The van der Waals surface area contributed by atoms with Crippen molar-refractivity contribution in [2.24, 2.45) is 12.8 Å². The number of hydrogen-bond donors (Lipinski definition) is 1. The lowest BCUT2D eigenvalue weighted by atomic mass is 10.00. The zero-order valence-corrected chi connectivity index (χ0v) is 26.5. The van der Waals surface area contributed by atoms with Crippen LogP contribution in [0.5, 0.6) is 11.8 Å². The summed E-state index contributed by atoms with van der Waals surface area (Å²) in [7, 11) is 0.0520. The molecular formula is C28H35F4N7O5Si. The molecular weight excluding hydrogens is 618 g/mol. The monoisotopic (exact) mass is 653 g/mol. The number of ether oxygens (including phenoxy) is 4. The van der Waals surface area contributed by atoms with Gasteiger partial charge in [0.05, 0.1) is 23.4 Å². The minimum Gasteiger partial charge on any atom is -0.474 e. The number of primary amides is 1.